The van der Waals surface area contributed by atoms with Crippen LogP contribution in [0.3, 0.4) is 0 Å². The summed E-state index contributed by atoms with van der Waals surface area (Å²) in [5, 5.41) is 0. The standard InChI is InChI=1S/C10H11N2O.C6H5.Y/c1-3-12(2)10-11-8-6-4-5-7-9(8)13-10;1-2-4-6-5-3-1;/h4-7H,2-3H2,1H3;1-5H;/q2*-1;. The first-order chi connectivity index (χ1) is 9.31. The third-order valence-corrected chi connectivity index (χ3v) is 2.54. The summed E-state index contributed by atoms with van der Waals surface area (Å²) in [5.74, 6) is 0. The molecule has 0 aliphatic heterocycles. The molecule has 101 valence electrons. The Kier molecular flexibility index (Phi) is 7.49. The Morgan fingerprint density at radius 3 is 2.35 bits per heavy atom. The summed E-state index contributed by atoms with van der Waals surface area (Å²) in [6.07, 6.45) is 0. The van der Waals surface area contributed by atoms with Crippen molar-refractivity contribution in [1.29, 1.82) is 0 Å². The van der Waals surface area contributed by atoms with E-state index in [0.29, 0.717) is 6.01 Å². The molecule has 0 unspecified atom stereocenters. The van der Waals surface area contributed by atoms with Gasteiger partial charge in [0.2, 0.25) is 0 Å². The van der Waals surface area contributed by atoms with E-state index in [-0.39, 0.29) is 32.7 Å². The fourth-order valence-corrected chi connectivity index (χ4v) is 1.47. The second-order valence-electron chi connectivity index (χ2n) is 3.90. The van der Waals surface area contributed by atoms with Crippen LogP contribution < -0.4 is 4.90 Å². The van der Waals surface area contributed by atoms with Gasteiger partial charge in [0.25, 0.3) is 6.01 Å². The predicted octanol–water partition coefficient (Wildman–Crippen LogP) is 3.93. The van der Waals surface area contributed by atoms with Gasteiger partial charge in [0.1, 0.15) is 5.52 Å². The Hall–Kier alpha value is -1.19. The molecule has 0 aliphatic rings. The summed E-state index contributed by atoms with van der Waals surface area (Å²) in [5.41, 5.74) is 1.68. The van der Waals surface area contributed by atoms with Crippen molar-refractivity contribution in [2.75, 3.05) is 11.4 Å². The number of hydrogen-bond acceptors (Lipinski definition) is 3. The third kappa shape index (κ3) is 4.73. The van der Waals surface area contributed by atoms with Gasteiger partial charge in [0.15, 0.2) is 5.58 Å². The molecular weight excluding hydrogens is 325 g/mol. The first kappa shape index (κ1) is 16.9. The number of anilines is 1. The van der Waals surface area contributed by atoms with Crippen LogP contribution in [0, 0.1) is 13.1 Å². The molecule has 4 heteroatoms. The zero-order valence-corrected chi connectivity index (χ0v) is 14.3. The van der Waals surface area contributed by atoms with Gasteiger partial charge < -0.3 is 9.32 Å². The van der Waals surface area contributed by atoms with E-state index in [9.17, 15) is 0 Å². The molecule has 0 N–H and O–H groups in total. The minimum atomic E-state index is 0. The monoisotopic (exact) mass is 341 g/mol. The molecule has 0 saturated heterocycles. The number of oxazole rings is 1. The smallest absolute Gasteiger partial charge is 0.267 e. The van der Waals surface area contributed by atoms with Crippen molar-refractivity contribution in [2.45, 2.75) is 6.92 Å². The molecule has 2 aromatic carbocycles. The summed E-state index contributed by atoms with van der Waals surface area (Å²) < 4.78 is 5.47. The van der Waals surface area contributed by atoms with E-state index >= 15 is 0 Å². The van der Waals surface area contributed by atoms with Crippen molar-refractivity contribution in [3.63, 3.8) is 0 Å². The molecule has 0 aliphatic carbocycles. The van der Waals surface area contributed by atoms with Crippen molar-refractivity contribution in [1.82, 2.24) is 4.98 Å². The van der Waals surface area contributed by atoms with E-state index in [1.807, 2.05) is 61.5 Å². The summed E-state index contributed by atoms with van der Waals surface area (Å²) in [6, 6.07) is 20.8. The van der Waals surface area contributed by atoms with Crippen molar-refractivity contribution < 1.29 is 37.1 Å². The fraction of sp³-hybridized carbons (Fsp3) is 0.125. The van der Waals surface area contributed by atoms with Crippen LogP contribution in [0.4, 0.5) is 6.01 Å². The summed E-state index contributed by atoms with van der Waals surface area (Å²) >= 11 is 0. The number of para-hydroxylation sites is 2. The van der Waals surface area contributed by atoms with Gasteiger partial charge >= 0.3 is 0 Å². The average Bonchev–Trinajstić information content (AvgIpc) is 2.93. The number of hydrogen-bond donors (Lipinski definition) is 0. The van der Waals surface area contributed by atoms with Crippen molar-refractivity contribution >= 4 is 17.1 Å². The number of benzene rings is 2. The Balaban J connectivity index is 0.000000243. The molecule has 0 amide bonds. The van der Waals surface area contributed by atoms with Crippen LogP contribution in [-0.4, -0.2) is 11.5 Å². The molecule has 0 bridgehead atoms. The van der Waals surface area contributed by atoms with Gasteiger partial charge in [-0.15, -0.1) is 0 Å². The number of nitrogens with zero attached hydrogens (tertiary/aromatic N) is 2. The van der Waals surface area contributed by atoms with Gasteiger partial charge in [-0.3, -0.25) is 7.05 Å². The Bertz CT molecular complexity index is 550. The second-order valence-corrected chi connectivity index (χ2v) is 3.90. The normalized spacial score (nSPS) is 9.30. The van der Waals surface area contributed by atoms with Crippen molar-refractivity contribution in [3.8, 4) is 0 Å². The Morgan fingerprint density at radius 2 is 1.85 bits per heavy atom. The van der Waals surface area contributed by atoms with E-state index in [4.69, 9.17) is 4.42 Å². The zero-order valence-electron chi connectivity index (χ0n) is 11.5. The van der Waals surface area contributed by atoms with E-state index in [2.05, 4.69) is 18.1 Å². The summed E-state index contributed by atoms with van der Waals surface area (Å²) in [6.45, 7) is 2.79. The molecule has 3 aromatic rings. The minimum Gasteiger partial charge on any atom is -0.479 e. The van der Waals surface area contributed by atoms with E-state index in [0.717, 1.165) is 17.6 Å². The van der Waals surface area contributed by atoms with Crippen LogP contribution in [0.25, 0.3) is 11.1 Å². The fourth-order valence-electron chi connectivity index (χ4n) is 1.47. The van der Waals surface area contributed by atoms with Crippen molar-refractivity contribution in [2.24, 2.45) is 0 Å². The van der Waals surface area contributed by atoms with Gasteiger partial charge in [-0.25, -0.2) is 0 Å². The molecule has 0 fully saturated rings. The summed E-state index contributed by atoms with van der Waals surface area (Å²) in [7, 11) is 3.80. The van der Waals surface area contributed by atoms with Crippen LogP contribution in [0.15, 0.2) is 59.0 Å². The maximum absolute atomic E-state index is 5.47. The Labute approximate surface area is 144 Å². The van der Waals surface area contributed by atoms with E-state index in [1.165, 1.54) is 0 Å². The topological polar surface area (TPSA) is 29.3 Å². The maximum Gasteiger partial charge on any atom is 0.267 e. The van der Waals surface area contributed by atoms with Gasteiger partial charge in [0, 0.05) is 32.7 Å². The summed E-state index contributed by atoms with van der Waals surface area (Å²) in [4.78, 5) is 6.00. The molecule has 3 nitrogen and oxygen atoms in total. The first-order valence-electron chi connectivity index (χ1n) is 6.16. The number of aromatic nitrogens is 1. The molecule has 20 heavy (non-hydrogen) atoms. The molecule has 3 rings (SSSR count). The molecule has 0 saturated carbocycles. The third-order valence-electron chi connectivity index (χ3n) is 2.54. The molecule has 1 aromatic heterocycles. The van der Waals surface area contributed by atoms with Gasteiger partial charge in [-0.05, 0) is 25.6 Å². The molecule has 0 spiro atoms. The van der Waals surface area contributed by atoms with E-state index < -0.39 is 0 Å². The molecule has 0 atom stereocenters. The van der Waals surface area contributed by atoms with Crippen LogP contribution >= 0.6 is 0 Å². The minimum absolute atomic E-state index is 0. The number of rotatable bonds is 2. The first-order valence-corrected chi connectivity index (χ1v) is 6.16. The largest absolute Gasteiger partial charge is 0.479 e. The maximum atomic E-state index is 5.47. The van der Waals surface area contributed by atoms with Gasteiger partial charge in [0.05, 0.1) is 0 Å². The zero-order chi connectivity index (χ0) is 13.5. The van der Waals surface area contributed by atoms with Crippen LogP contribution in [0.5, 0.6) is 0 Å². The van der Waals surface area contributed by atoms with Gasteiger partial charge in [-0.2, -0.15) is 41.4 Å². The van der Waals surface area contributed by atoms with E-state index in [1.54, 1.807) is 4.90 Å². The number of fused-ring (bicyclic) bond motifs is 1. The quantitative estimate of drug-likeness (QED) is 0.662. The molecule has 1 heterocycles. The molecular formula is C16H16N2OY-2. The van der Waals surface area contributed by atoms with Crippen LogP contribution in [0.1, 0.15) is 6.92 Å². The van der Waals surface area contributed by atoms with Gasteiger partial charge in [-0.1, -0.05) is 12.1 Å². The van der Waals surface area contributed by atoms with Crippen LogP contribution in [-0.2, 0) is 32.7 Å². The average molecular weight is 341 g/mol. The predicted molar refractivity (Wildman–Crippen MR) is 77.7 cm³/mol. The Morgan fingerprint density at radius 1 is 1.15 bits per heavy atom. The van der Waals surface area contributed by atoms with Crippen LogP contribution in [0.2, 0.25) is 0 Å². The molecule has 1 radical (unpaired) electrons. The second kappa shape index (κ2) is 8.88. The van der Waals surface area contributed by atoms with Crippen molar-refractivity contribution in [3.05, 3.63) is 67.7 Å². The SMILES string of the molecule is [CH2-]N(CC)c1nc2ccccc2o1.[Y].[c-]1ccccc1.